The quantitative estimate of drug-likeness (QED) is 0.832. The Balaban J connectivity index is 2.54. The van der Waals surface area contributed by atoms with Gasteiger partial charge in [0.1, 0.15) is 5.82 Å². The lowest BCUT2D eigenvalue weighted by atomic mass is 9.97. The third kappa shape index (κ3) is 4.11. The number of hydrogen-bond acceptors (Lipinski definition) is 2. The van der Waals surface area contributed by atoms with Crippen LogP contribution < -0.4 is 5.73 Å². The summed E-state index contributed by atoms with van der Waals surface area (Å²) < 4.78 is 12.6. The molecular formula is C13H18FNO. The van der Waals surface area contributed by atoms with Crippen LogP contribution in [0.2, 0.25) is 0 Å². The lowest BCUT2D eigenvalue weighted by molar-refractivity contribution is -0.120. The van der Waals surface area contributed by atoms with Crippen LogP contribution in [0.4, 0.5) is 4.39 Å². The summed E-state index contributed by atoms with van der Waals surface area (Å²) in [4.78, 5) is 11.7. The molecule has 0 spiro atoms. The number of hydrogen-bond donors (Lipinski definition) is 1. The maximum absolute atomic E-state index is 12.6. The Morgan fingerprint density at radius 2 is 1.88 bits per heavy atom. The monoisotopic (exact) mass is 223 g/mol. The van der Waals surface area contributed by atoms with Gasteiger partial charge < -0.3 is 5.73 Å². The van der Waals surface area contributed by atoms with Crippen molar-refractivity contribution in [1.29, 1.82) is 0 Å². The fourth-order valence-electron chi connectivity index (χ4n) is 1.57. The summed E-state index contributed by atoms with van der Waals surface area (Å²) in [5.41, 5.74) is 6.58. The molecule has 0 saturated carbocycles. The zero-order chi connectivity index (χ0) is 12.1. The van der Waals surface area contributed by atoms with Crippen molar-refractivity contribution in [2.45, 2.75) is 32.7 Å². The van der Waals surface area contributed by atoms with Gasteiger partial charge in [0.15, 0.2) is 5.78 Å². The molecule has 0 amide bonds. The molecule has 0 fully saturated rings. The topological polar surface area (TPSA) is 43.1 Å². The summed E-state index contributed by atoms with van der Waals surface area (Å²) in [5, 5.41) is 0. The normalized spacial score (nSPS) is 12.8. The lowest BCUT2D eigenvalue weighted by Gasteiger charge is -2.12. The highest BCUT2D eigenvalue weighted by Gasteiger charge is 2.15. The Bertz CT molecular complexity index is 345. The van der Waals surface area contributed by atoms with Gasteiger partial charge in [0.25, 0.3) is 0 Å². The van der Waals surface area contributed by atoms with Crippen LogP contribution in [0.15, 0.2) is 24.3 Å². The molecule has 1 aromatic rings. The molecule has 2 N–H and O–H groups in total. The molecule has 2 nitrogen and oxygen atoms in total. The van der Waals surface area contributed by atoms with Crippen LogP contribution in [-0.4, -0.2) is 11.8 Å². The van der Waals surface area contributed by atoms with Crippen molar-refractivity contribution in [3.63, 3.8) is 0 Å². The van der Waals surface area contributed by atoms with Gasteiger partial charge in [-0.25, -0.2) is 4.39 Å². The summed E-state index contributed by atoms with van der Waals surface area (Å²) in [7, 11) is 0. The summed E-state index contributed by atoms with van der Waals surface area (Å²) in [5.74, 6) is 0.134. The molecule has 0 aromatic heterocycles. The molecule has 0 aliphatic carbocycles. The highest BCUT2D eigenvalue weighted by Crippen LogP contribution is 2.08. The molecule has 88 valence electrons. The molecule has 0 bridgehead atoms. The van der Waals surface area contributed by atoms with E-state index in [1.165, 1.54) is 12.1 Å². The van der Waals surface area contributed by atoms with E-state index in [2.05, 4.69) is 0 Å². The highest BCUT2D eigenvalue weighted by atomic mass is 19.1. The van der Waals surface area contributed by atoms with Crippen LogP contribution in [0, 0.1) is 11.7 Å². The van der Waals surface area contributed by atoms with Crippen LogP contribution in [0.5, 0.6) is 0 Å². The summed E-state index contributed by atoms with van der Waals surface area (Å²) in [6, 6.07) is 5.54. The first-order valence-corrected chi connectivity index (χ1v) is 5.51. The molecular weight excluding hydrogens is 205 g/mol. The predicted octanol–water partition coefficient (Wildman–Crippen LogP) is 2.31. The van der Waals surface area contributed by atoms with E-state index >= 15 is 0 Å². The predicted molar refractivity (Wildman–Crippen MR) is 62.5 cm³/mol. The summed E-state index contributed by atoms with van der Waals surface area (Å²) in [6.07, 6.45) is 0.980. The number of carbonyl (C=O) groups is 1. The average Bonchev–Trinajstić information content (AvgIpc) is 2.20. The molecule has 3 heteroatoms. The van der Waals surface area contributed by atoms with Gasteiger partial charge >= 0.3 is 0 Å². The summed E-state index contributed by atoms with van der Waals surface area (Å²) in [6.45, 7) is 4.07. The number of Topliss-reactive ketones (excluding diaryl/α,β-unsaturated/α-hetero) is 1. The number of benzene rings is 1. The van der Waals surface area contributed by atoms with E-state index in [0.29, 0.717) is 12.3 Å². The molecule has 1 rings (SSSR count). The van der Waals surface area contributed by atoms with Gasteiger partial charge in [-0.3, -0.25) is 4.79 Å². The van der Waals surface area contributed by atoms with E-state index in [1.54, 1.807) is 12.1 Å². The number of nitrogens with two attached hydrogens (primary N) is 1. The van der Waals surface area contributed by atoms with E-state index < -0.39 is 6.04 Å². The first-order chi connectivity index (χ1) is 7.49. The Morgan fingerprint density at radius 1 is 1.31 bits per heavy atom. The minimum atomic E-state index is -0.412. The Kier molecular flexibility index (Phi) is 4.62. The first kappa shape index (κ1) is 12.8. The van der Waals surface area contributed by atoms with Crippen LogP contribution in [0.1, 0.15) is 25.8 Å². The zero-order valence-corrected chi connectivity index (χ0v) is 9.74. The standard InChI is InChI=1S/C13H18FNO/c1-9(2)7-12(15)13(16)8-10-3-5-11(14)6-4-10/h3-6,9,12H,7-8,15H2,1-2H3. The van der Waals surface area contributed by atoms with Crippen LogP contribution in [0.3, 0.4) is 0 Å². The second-order valence-corrected chi connectivity index (χ2v) is 4.51. The Morgan fingerprint density at radius 3 is 2.38 bits per heavy atom. The third-order valence-corrected chi connectivity index (χ3v) is 2.43. The van der Waals surface area contributed by atoms with E-state index in [-0.39, 0.29) is 18.0 Å². The molecule has 0 radical (unpaired) electrons. The number of carbonyl (C=O) groups excluding carboxylic acids is 1. The smallest absolute Gasteiger partial charge is 0.153 e. The number of rotatable bonds is 5. The SMILES string of the molecule is CC(C)CC(N)C(=O)Cc1ccc(F)cc1. The van der Waals surface area contributed by atoms with Crippen molar-refractivity contribution < 1.29 is 9.18 Å². The van der Waals surface area contributed by atoms with Gasteiger partial charge in [0.2, 0.25) is 0 Å². The minimum absolute atomic E-state index is 0.0142. The van der Waals surface area contributed by atoms with Crippen molar-refractivity contribution in [3.05, 3.63) is 35.6 Å². The van der Waals surface area contributed by atoms with Crippen molar-refractivity contribution in [1.82, 2.24) is 0 Å². The third-order valence-electron chi connectivity index (χ3n) is 2.43. The first-order valence-electron chi connectivity index (χ1n) is 5.51. The number of halogens is 1. The fraction of sp³-hybridized carbons (Fsp3) is 0.462. The molecule has 0 aliphatic heterocycles. The van der Waals surface area contributed by atoms with Crippen LogP contribution in [-0.2, 0) is 11.2 Å². The van der Waals surface area contributed by atoms with E-state index in [4.69, 9.17) is 5.73 Å². The molecule has 16 heavy (non-hydrogen) atoms. The fourth-order valence-corrected chi connectivity index (χ4v) is 1.57. The zero-order valence-electron chi connectivity index (χ0n) is 9.74. The second kappa shape index (κ2) is 5.75. The maximum Gasteiger partial charge on any atom is 0.153 e. The van der Waals surface area contributed by atoms with Crippen LogP contribution in [0.25, 0.3) is 0 Å². The molecule has 0 aliphatic rings. The molecule has 1 atom stereocenters. The molecule has 1 unspecified atom stereocenters. The van der Waals surface area contributed by atoms with E-state index in [9.17, 15) is 9.18 Å². The van der Waals surface area contributed by atoms with Crippen LogP contribution >= 0.6 is 0 Å². The van der Waals surface area contributed by atoms with Gasteiger partial charge in [-0.2, -0.15) is 0 Å². The highest BCUT2D eigenvalue weighted by molar-refractivity contribution is 5.85. The van der Waals surface area contributed by atoms with E-state index in [1.807, 2.05) is 13.8 Å². The van der Waals surface area contributed by atoms with Gasteiger partial charge in [-0.15, -0.1) is 0 Å². The van der Waals surface area contributed by atoms with Gasteiger partial charge in [0.05, 0.1) is 6.04 Å². The lowest BCUT2D eigenvalue weighted by Crippen LogP contribution is -2.33. The maximum atomic E-state index is 12.6. The number of ketones is 1. The minimum Gasteiger partial charge on any atom is -0.321 e. The molecule has 0 saturated heterocycles. The second-order valence-electron chi connectivity index (χ2n) is 4.51. The Labute approximate surface area is 95.7 Å². The van der Waals surface area contributed by atoms with Gasteiger partial charge in [-0.05, 0) is 30.0 Å². The van der Waals surface area contributed by atoms with Crippen molar-refractivity contribution in [2.24, 2.45) is 11.7 Å². The average molecular weight is 223 g/mol. The summed E-state index contributed by atoms with van der Waals surface area (Å²) >= 11 is 0. The van der Waals surface area contributed by atoms with Crippen molar-refractivity contribution in [2.75, 3.05) is 0 Å². The van der Waals surface area contributed by atoms with Crippen molar-refractivity contribution in [3.8, 4) is 0 Å². The largest absolute Gasteiger partial charge is 0.321 e. The molecule has 1 aromatic carbocycles. The van der Waals surface area contributed by atoms with Gasteiger partial charge in [0, 0.05) is 6.42 Å². The van der Waals surface area contributed by atoms with Gasteiger partial charge in [-0.1, -0.05) is 26.0 Å². The van der Waals surface area contributed by atoms with Crippen molar-refractivity contribution >= 4 is 5.78 Å². The molecule has 0 heterocycles. The Hall–Kier alpha value is -1.22. The van der Waals surface area contributed by atoms with E-state index in [0.717, 1.165) is 5.56 Å².